The Morgan fingerprint density at radius 1 is 0.625 bits per heavy atom. The van der Waals surface area contributed by atoms with Gasteiger partial charge in [-0.25, -0.2) is 0 Å². The highest BCUT2D eigenvalue weighted by Gasteiger charge is 2.25. The molecule has 0 spiro atoms. The van der Waals surface area contributed by atoms with Gasteiger partial charge < -0.3 is 5.11 Å². The van der Waals surface area contributed by atoms with E-state index in [1.54, 1.807) is 0 Å². The Hall–Kier alpha value is -2.82. The van der Waals surface area contributed by atoms with Gasteiger partial charge >= 0.3 is 0 Å². The minimum atomic E-state index is -1.10. The fourth-order valence-electron chi connectivity index (χ4n) is 2.73. The van der Waals surface area contributed by atoms with Gasteiger partial charge in [0.2, 0.25) is 0 Å². The highest BCUT2D eigenvalue weighted by molar-refractivity contribution is 5.38. The average Bonchev–Trinajstić information content (AvgIpc) is 2.63. The van der Waals surface area contributed by atoms with Crippen LogP contribution < -0.4 is 0 Å². The van der Waals surface area contributed by atoms with Gasteiger partial charge in [-0.3, -0.25) is 0 Å². The lowest BCUT2D eigenvalue weighted by molar-refractivity contribution is 0.102. The van der Waals surface area contributed by atoms with Crippen LogP contribution in [0, 0.1) is 11.8 Å². The first-order valence-corrected chi connectivity index (χ1v) is 8.12. The number of benzene rings is 3. The largest absolute Gasteiger partial charge is 0.377 e. The highest BCUT2D eigenvalue weighted by Crippen LogP contribution is 2.19. The van der Waals surface area contributed by atoms with Crippen LogP contribution in [0.25, 0.3) is 0 Å². The van der Waals surface area contributed by atoms with Gasteiger partial charge in [-0.15, -0.1) is 0 Å². The molecule has 0 bridgehead atoms. The molecule has 0 atom stereocenters. The van der Waals surface area contributed by atoms with Crippen molar-refractivity contribution in [3.05, 3.63) is 108 Å². The Morgan fingerprint density at radius 3 is 1.50 bits per heavy atom. The predicted molar refractivity (Wildman–Crippen MR) is 98.6 cm³/mol. The van der Waals surface area contributed by atoms with Crippen molar-refractivity contribution in [2.45, 2.75) is 18.4 Å². The topological polar surface area (TPSA) is 20.2 Å². The Labute approximate surface area is 143 Å². The minimum absolute atomic E-state index is 0.503. The smallest absolute Gasteiger partial charge is 0.133 e. The van der Waals surface area contributed by atoms with Gasteiger partial charge in [-0.1, -0.05) is 90.7 Å². The summed E-state index contributed by atoms with van der Waals surface area (Å²) in [5, 5.41) is 11.2. The molecule has 0 saturated carbocycles. The van der Waals surface area contributed by atoms with E-state index in [4.69, 9.17) is 0 Å². The summed E-state index contributed by atoms with van der Waals surface area (Å²) in [4.78, 5) is 0. The second kappa shape index (κ2) is 7.64. The Kier molecular flexibility index (Phi) is 5.11. The lowest BCUT2D eigenvalue weighted by atomic mass is 9.88. The van der Waals surface area contributed by atoms with E-state index in [0.29, 0.717) is 12.8 Å². The van der Waals surface area contributed by atoms with E-state index in [1.165, 1.54) is 0 Å². The lowest BCUT2D eigenvalue weighted by Gasteiger charge is -2.23. The Balaban J connectivity index is 1.89. The van der Waals surface area contributed by atoms with Crippen LogP contribution in [0.3, 0.4) is 0 Å². The van der Waals surface area contributed by atoms with E-state index in [2.05, 4.69) is 11.8 Å². The first-order chi connectivity index (χ1) is 11.7. The van der Waals surface area contributed by atoms with Crippen molar-refractivity contribution in [1.29, 1.82) is 0 Å². The third-order valence-electron chi connectivity index (χ3n) is 3.89. The Bertz CT molecular complexity index is 770. The summed E-state index contributed by atoms with van der Waals surface area (Å²) in [6.45, 7) is 0. The van der Waals surface area contributed by atoms with Crippen molar-refractivity contribution in [2.75, 3.05) is 0 Å². The van der Waals surface area contributed by atoms with Crippen LogP contribution in [0.5, 0.6) is 0 Å². The molecular formula is C23H20O. The summed E-state index contributed by atoms with van der Waals surface area (Å²) in [5.74, 6) is 6.24. The van der Waals surface area contributed by atoms with E-state index in [9.17, 15) is 5.11 Å². The quantitative estimate of drug-likeness (QED) is 0.714. The lowest BCUT2D eigenvalue weighted by Crippen LogP contribution is -2.32. The SMILES string of the molecule is OC(C#Cc1ccccc1)(Cc1ccccc1)Cc1ccccc1. The molecule has 1 nitrogen and oxygen atoms in total. The first kappa shape index (κ1) is 16.1. The number of hydrogen-bond donors (Lipinski definition) is 1. The fourth-order valence-corrected chi connectivity index (χ4v) is 2.73. The molecular weight excluding hydrogens is 292 g/mol. The van der Waals surface area contributed by atoms with E-state index in [0.717, 1.165) is 16.7 Å². The van der Waals surface area contributed by atoms with Gasteiger partial charge in [0.05, 0.1) is 0 Å². The van der Waals surface area contributed by atoms with E-state index < -0.39 is 5.60 Å². The van der Waals surface area contributed by atoms with E-state index >= 15 is 0 Å². The molecule has 1 heteroatoms. The molecule has 0 fully saturated rings. The summed E-state index contributed by atoms with van der Waals surface area (Å²) in [6.07, 6.45) is 1.01. The van der Waals surface area contributed by atoms with Crippen LogP contribution in [-0.4, -0.2) is 10.7 Å². The van der Waals surface area contributed by atoms with Crippen LogP contribution in [0.15, 0.2) is 91.0 Å². The predicted octanol–water partition coefficient (Wildman–Crippen LogP) is 4.25. The van der Waals surface area contributed by atoms with E-state index in [1.807, 2.05) is 91.0 Å². The first-order valence-electron chi connectivity index (χ1n) is 8.12. The zero-order valence-corrected chi connectivity index (χ0v) is 13.5. The molecule has 0 radical (unpaired) electrons. The maximum absolute atomic E-state index is 11.2. The molecule has 0 unspecified atom stereocenters. The van der Waals surface area contributed by atoms with Crippen LogP contribution >= 0.6 is 0 Å². The zero-order valence-electron chi connectivity index (χ0n) is 13.5. The zero-order chi connectivity index (χ0) is 16.7. The second-order valence-corrected chi connectivity index (χ2v) is 5.97. The van der Waals surface area contributed by atoms with Crippen molar-refractivity contribution in [3.63, 3.8) is 0 Å². The van der Waals surface area contributed by atoms with Gasteiger partial charge in [0.25, 0.3) is 0 Å². The van der Waals surface area contributed by atoms with Crippen LogP contribution in [0.4, 0.5) is 0 Å². The van der Waals surface area contributed by atoms with Crippen molar-refractivity contribution < 1.29 is 5.11 Å². The summed E-state index contributed by atoms with van der Waals surface area (Å²) < 4.78 is 0. The van der Waals surface area contributed by atoms with Crippen LogP contribution in [-0.2, 0) is 12.8 Å². The van der Waals surface area contributed by atoms with Gasteiger partial charge in [0.15, 0.2) is 0 Å². The molecule has 1 N–H and O–H groups in total. The monoisotopic (exact) mass is 312 g/mol. The molecule has 0 aliphatic rings. The second-order valence-electron chi connectivity index (χ2n) is 5.97. The molecule has 24 heavy (non-hydrogen) atoms. The van der Waals surface area contributed by atoms with Gasteiger partial charge in [0, 0.05) is 18.4 Å². The molecule has 0 saturated heterocycles. The van der Waals surface area contributed by atoms with E-state index in [-0.39, 0.29) is 0 Å². The Morgan fingerprint density at radius 2 is 1.04 bits per heavy atom. The third-order valence-corrected chi connectivity index (χ3v) is 3.89. The van der Waals surface area contributed by atoms with Gasteiger partial charge in [0.1, 0.15) is 5.60 Å². The van der Waals surface area contributed by atoms with Crippen molar-refractivity contribution >= 4 is 0 Å². The summed E-state index contributed by atoms with van der Waals surface area (Å²) in [5.41, 5.74) is 1.98. The molecule has 3 rings (SSSR count). The van der Waals surface area contributed by atoms with Crippen molar-refractivity contribution in [1.82, 2.24) is 0 Å². The molecule has 0 aliphatic heterocycles. The van der Waals surface area contributed by atoms with Crippen LogP contribution in [0.1, 0.15) is 16.7 Å². The third kappa shape index (κ3) is 4.59. The average molecular weight is 312 g/mol. The minimum Gasteiger partial charge on any atom is -0.377 e. The normalized spacial score (nSPS) is 10.7. The summed E-state index contributed by atoms with van der Waals surface area (Å²) in [6, 6.07) is 29.8. The van der Waals surface area contributed by atoms with Gasteiger partial charge in [-0.2, -0.15) is 0 Å². The standard InChI is InChI=1S/C23H20O/c24-23(18-21-12-6-2-7-13-21,19-22-14-8-3-9-15-22)17-16-20-10-4-1-5-11-20/h1-15,24H,18-19H2. The van der Waals surface area contributed by atoms with Crippen molar-refractivity contribution in [2.24, 2.45) is 0 Å². The summed E-state index contributed by atoms with van der Waals surface area (Å²) in [7, 11) is 0. The summed E-state index contributed by atoms with van der Waals surface area (Å²) >= 11 is 0. The number of hydrogen-bond acceptors (Lipinski definition) is 1. The molecule has 3 aromatic carbocycles. The molecule has 0 heterocycles. The molecule has 3 aromatic rings. The fraction of sp³-hybridized carbons (Fsp3) is 0.130. The highest BCUT2D eigenvalue weighted by atomic mass is 16.3. The molecule has 0 amide bonds. The number of aliphatic hydroxyl groups is 1. The maximum atomic E-state index is 11.2. The molecule has 0 aliphatic carbocycles. The van der Waals surface area contributed by atoms with Crippen molar-refractivity contribution in [3.8, 4) is 11.8 Å². The maximum Gasteiger partial charge on any atom is 0.133 e. The molecule has 118 valence electrons. The number of rotatable bonds is 4. The molecule has 0 aromatic heterocycles. The van der Waals surface area contributed by atoms with Gasteiger partial charge in [-0.05, 0) is 23.3 Å². The van der Waals surface area contributed by atoms with Crippen LogP contribution in [0.2, 0.25) is 0 Å².